The minimum atomic E-state index is -3.67. The first-order chi connectivity index (χ1) is 14.8. The fourth-order valence-corrected chi connectivity index (χ4v) is 4.87. The zero-order chi connectivity index (χ0) is 22.2. The summed E-state index contributed by atoms with van der Waals surface area (Å²) in [5.74, 6) is 0.985. The molecule has 31 heavy (non-hydrogen) atoms. The van der Waals surface area contributed by atoms with Crippen LogP contribution in [-0.4, -0.2) is 39.0 Å². The first kappa shape index (κ1) is 21.2. The topological polar surface area (TPSA) is 103 Å². The van der Waals surface area contributed by atoms with Crippen LogP contribution < -0.4 is 14.2 Å². The van der Waals surface area contributed by atoms with Crippen molar-refractivity contribution in [2.24, 2.45) is 4.99 Å². The molecule has 8 nitrogen and oxygen atoms in total. The second-order valence-corrected chi connectivity index (χ2v) is 9.15. The van der Waals surface area contributed by atoms with E-state index in [1.54, 1.807) is 25.1 Å². The summed E-state index contributed by atoms with van der Waals surface area (Å²) in [6, 6.07) is 9.36. The normalized spacial score (nSPS) is 20.4. The maximum absolute atomic E-state index is 12.6. The highest BCUT2D eigenvalue weighted by Crippen LogP contribution is 2.35. The molecule has 0 saturated carbocycles. The molecule has 9 heteroatoms. The molecule has 2 aliphatic rings. The predicted octanol–water partition coefficient (Wildman–Crippen LogP) is 2.58. The van der Waals surface area contributed by atoms with Gasteiger partial charge in [0.2, 0.25) is 0 Å². The Morgan fingerprint density at radius 3 is 2.87 bits per heavy atom. The van der Waals surface area contributed by atoms with Gasteiger partial charge < -0.3 is 14.2 Å². The number of sulfonamides is 1. The van der Waals surface area contributed by atoms with E-state index in [-0.39, 0.29) is 23.4 Å². The van der Waals surface area contributed by atoms with E-state index >= 15 is 0 Å². The number of aliphatic imine (C=N–C) groups is 1. The van der Waals surface area contributed by atoms with E-state index in [0.29, 0.717) is 23.5 Å². The van der Waals surface area contributed by atoms with Crippen molar-refractivity contribution in [1.29, 1.82) is 0 Å². The van der Waals surface area contributed by atoms with Crippen molar-refractivity contribution < 1.29 is 27.4 Å². The van der Waals surface area contributed by atoms with Gasteiger partial charge in [0.1, 0.15) is 36.1 Å². The summed E-state index contributed by atoms with van der Waals surface area (Å²) in [6.45, 7) is 5.93. The number of nitrogens with one attached hydrogen (secondary N) is 1. The molecular formula is C22H24N2O6S. The van der Waals surface area contributed by atoms with Gasteiger partial charge >= 0.3 is 5.97 Å². The maximum atomic E-state index is 12.6. The lowest BCUT2D eigenvalue weighted by atomic mass is 10.1. The van der Waals surface area contributed by atoms with E-state index < -0.39 is 22.0 Å². The van der Waals surface area contributed by atoms with E-state index in [1.807, 2.05) is 26.0 Å². The highest BCUT2D eigenvalue weighted by molar-refractivity contribution is 7.90. The zero-order valence-corrected chi connectivity index (χ0v) is 18.4. The standard InChI is InChI=1S/C22H24N2O6S/c1-4-28-18-10-15-9-13(2)30-19(15)11-16(18)12-29-22(25)14(3)23-21-17-7-5-6-8-20(17)31(26,27)24-21/h5-8,10-11,13-14H,4,9,12H2,1-3H3,(H,23,24)/t13?,14-/m0/s1. The monoisotopic (exact) mass is 444 g/mol. The number of fused-ring (bicyclic) bond motifs is 2. The van der Waals surface area contributed by atoms with Crippen LogP contribution in [0.2, 0.25) is 0 Å². The summed E-state index contributed by atoms with van der Waals surface area (Å²) in [4.78, 5) is 16.9. The Bertz CT molecular complexity index is 1160. The Morgan fingerprint density at radius 1 is 1.32 bits per heavy atom. The quantitative estimate of drug-likeness (QED) is 0.687. The van der Waals surface area contributed by atoms with Gasteiger partial charge in [-0.2, -0.15) is 0 Å². The molecule has 2 aromatic rings. The number of carbonyl (C=O) groups excluding carboxylic acids is 1. The molecule has 0 amide bonds. The van der Waals surface area contributed by atoms with Crippen LogP contribution in [0.5, 0.6) is 11.5 Å². The lowest BCUT2D eigenvalue weighted by Crippen LogP contribution is -2.26. The first-order valence-electron chi connectivity index (χ1n) is 10.1. The SMILES string of the molecule is CCOc1cc2c(cc1COC(=O)[C@H](C)N=C1NS(=O)(=O)c3ccccc31)OC(C)C2. The van der Waals surface area contributed by atoms with Gasteiger partial charge in [-0.05, 0) is 45.0 Å². The summed E-state index contributed by atoms with van der Waals surface area (Å²) in [7, 11) is -3.67. The Labute approximate surface area is 181 Å². The Morgan fingerprint density at radius 2 is 2.10 bits per heavy atom. The van der Waals surface area contributed by atoms with Gasteiger partial charge in [0.05, 0.1) is 11.5 Å². The van der Waals surface area contributed by atoms with E-state index in [9.17, 15) is 13.2 Å². The van der Waals surface area contributed by atoms with Crippen LogP contribution in [0, 0.1) is 0 Å². The molecule has 2 aliphatic heterocycles. The molecule has 164 valence electrons. The molecular weight excluding hydrogens is 420 g/mol. The smallest absolute Gasteiger partial charge is 0.330 e. The number of rotatable bonds is 6. The van der Waals surface area contributed by atoms with Crippen LogP contribution in [0.1, 0.15) is 37.5 Å². The number of benzene rings is 2. The minimum Gasteiger partial charge on any atom is -0.493 e. The zero-order valence-electron chi connectivity index (χ0n) is 17.5. The molecule has 0 saturated heterocycles. The average molecular weight is 445 g/mol. The van der Waals surface area contributed by atoms with Crippen molar-refractivity contribution in [3.63, 3.8) is 0 Å². The average Bonchev–Trinajstić information content (AvgIpc) is 3.21. The van der Waals surface area contributed by atoms with Crippen molar-refractivity contribution >= 4 is 21.8 Å². The number of nitrogens with zero attached hydrogens (tertiary/aromatic N) is 1. The number of ether oxygens (including phenoxy) is 3. The molecule has 0 spiro atoms. The van der Waals surface area contributed by atoms with Crippen LogP contribution in [0.25, 0.3) is 0 Å². The summed E-state index contributed by atoms with van der Waals surface area (Å²) in [5.41, 5.74) is 2.21. The van der Waals surface area contributed by atoms with Crippen molar-refractivity contribution in [1.82, 2.24) is 4.72 Å². The number of carbonyl (C=O) groups is 1. The Kier molecular flexibility index (Phi) is 5.62. The lowest BCUT2D eigenvalue weighted by molar-refractivity contribution is -0.146. The summed E-state index contributed by atoms with van der Waals surface area (Å²) in [6.07, 6.45) is 0.901. The fourth-order valence-electron chi connectivity index (χ4n) is 3.63. The molecule has 1 N–H and O–H groups in total. The number of amidine groups is 1. The van der Waals surface area contributed by atoms with Gasteiger partial charge in [0.25, 0.3) is 10.0 Å². The number of esters is 1. The van der Waals surface area contributed by atoms with E-state index in [4.69, 9.17) is 14.2 Å². The highest BCUT2D eigenvalue weighted by atomic mass is 32.2. The molecule has 2 aromatic carbocycles. The molecule has 0 bridgehead atoms. The molecule has 2 heterocycles. The fraction of sp³-hybridized carbons (Fsp3) is 0.364. The van der Waals surface area contributed by atoms with Crippen molar-refractivity contribution in [2.45, 2.75) is 50.8 Å². The van der Waals surface area contributed by atoms with Crippen LogP contribution in [0.4, 0.5) is 0 Å². The molecule has 0 radical (unpaired) electrons. The van der Waals surface area contributed by atoms with Gasteiger partial charge in [0.15, 0.2) is 0 Å². The van der Waals surface area contributed by atoms with Crippen molar-refractivity contribution in [3.05, 3.63) is 53.1 Å². The lowest BCUT2D eigenvalue weighted by Gasteiger charge is -2.14. The Balaban J connectivity index is 1.49. The third-order valence-electron chi connectivity index (χ3n) is 5.08. The minimum absolute atomic E-state index is 0.00328. The molecule has 0 aromatic heterocycles. The van der Waals surface area contributed by atoms with Gasteiger partial charge in [-0.1, -0.05) is 12.1 Å². The molecule has 4 rings (SSSR count). The van der Waals surface area contributed by atoms with E-state index in [0.717, 1.165) is 17.7 Å². The third-order valence-corrected chi connectivity index (χ3v) is 6.47. The van der Waals surface area contributed by atoms with E-state index in [2.05, 4.69) is 9.71 Å². The third kappa shape index (κ3) is 4.23. The van der Waals surface area contributed by atoms with Crippen molar-refractivity contribution in [3.8, 4) is 11.5 Å². The van der Waals surface area contributed by atoms with Gasteiger partial charge in [0, 0.05) is 23.1 Å². The Hall–Kier alpha value is -3.07. The van der Waals surface area contributed by atoms with Crippen LogP contribution in [0.15, 0.2) is 46.3 Å². The van der Waals surface area contributed by atoms with Crippen LogP contribution in [0.3, 0.4) is 0 Å². The van der Waals surface area contributed by atoms with Crippen LogP contribution in [-0.2, 0) is 32.6 Å². The largest absolute Gasteiger partial charge is 0.493 e. The van der Waals surface area contributed by atoms with Crippen LogP contribution >= 0.6 is 0 Å². The molecule has 0 fully saturated rings. The first-order valence-corrected chi connectivity index (χ1v) is 11.6. The molecule has 0 aliphatic carbocycles. The van der Waals surface area contributed by atoms with Crippen molar-refractivity contribution in [2.75, 3.05) is 6.61 Å². The number of hydrogen-bond acceptors (Lipinski definition) is 7. The predicted molar refractivity (Wildman–Crippen MR) is 114 cm³/mol. The highest BCUT2D eigenvalue weighted by Gasteiger charge is 2.31. The van der Waals surface area contributed by atoms with Gasteiger partial charge in [-0.25, -0.2) is 13.2 Å². The van der Waals surface area contributed by atoms with E-state index in [1.165, 1.54) is 6.07 Å². The molecule has 2 atom stereocenters. The van der Waals surface area contributed by atoms with Gasteiger partial charge in [-0.3, -0.25) is 9.71 Å². The maximum Gasteiger partial charge on any atom is 0.330 e. The summed E-state index contributed by atoms with van der Waals surface area (Å²) < 4.78 is 43.8. The summed E-state index contributed by atoms with van der Waals surface area (Å²) in [5, 5.41) is 0. The van der Waals surface area contributed by atoms with Gasteiger partial charge in [-0.15, -0.1) is 0 Å². The summed E-state index contributed by atoms with van der Waals surface area (Å²) >= 11 is 0. The second-order valence-electron chi connectivity index (χ2n) is 7.50. The molecule has 1 unspecified atom stereocenters. The number of hydrogen-bond donors (Lipinski definition) is 1. The second kappa shape index (κ2) is 8.22.